The first-order valence-corrected chi connectivity index (χ1v) is 4.52. The third-order valence-corrected chi connectivity index (χ3v) is 2.00. The molecular weight excluding hydrogens is 200 g/mol. The minimum atomic E-state index is -1.01. The second kappa shape index (κ2) is 5.04. The summed E-state index contributed by atoms with van der Waals surface area (Å²) >= 11 is 1.15. The van der Waals surface area contributed by atoms with E-state index in [0.717, 1.165) is 17.8 Å². The second-order valence-corrected chi connectivity index (χ2v) is 3.18. The van der Waals surface area contributed by atoms with Gasteiger partial charge in [0.15, 0.2) is 0 Å². The molecule has 0 aliphatic heterocycles. The molecule has 14 heavy (non-hydrogen) atoms. The zero-order chi connectivity index (χ0) is 10.4. The van der Waals surface area contributed by atoms with Gasteiger partial charge in [0.25, 0.3) is 0 Å². The lowest BCUT2D eigenvalue weighted by Crippen LogP contribution is -1.85. The maximum absolute atomic E-state index is 10.1. The molecule has 70 valence electrons. The van der Waals surface area contributed by atoms with Gasteiger partial charge in [-0.15, -0.1) is 0 Å². The van der Waals surface area contributed by atoms with Crippen molar-refractivity contribution in [2.24, 2.45) is 0 Å². The van der Waals surface area contributed by atoms with Crippen molar-refractivity contribution in [2.75, 3.05) is 0 Å². The highest BCUT2D eigenvalue weighted by molar-refractivity contribution is 8.02. The lowest BCUT2D eigenvalue weighted by atomic mass is 10.3. The summed E-state index contributed by atoms with van der Waals surface area (Å²) in [5, 5.41) is 18.9. The maximum atomic E-state index is 10.1. The Kier molecular flexibility index (Phi) is 3.70. The molecule has 0 radical (unpaired) electrons. The Balaban J connectivity index is 2.69. The van der Waals surface area contributed by atoms with Gasteiger partial charge in [0.2, 0.25) is 0 Å². The van der Waals surface area contributed by atoms with E-state index in [9.17, 15) is 4.79 Å². The zero-order valence-electron chi connectivity index (χ0n) is 7.04. The van der Waals surface area contributed by atoms with Crippen molar-refractivity contribution < 1.29 is 9.90 Å². The van der Waals surface area contributed by atoms with Gasteiger partial charge in [-0.05, 0) is 17.5 Å². The van der Waals surface area contributed by atoms with Crippen molar-refractivity contribution in [3.63, 3.8) is 0 Å². The van der Waals surface area contributed by atoms with Crippen LogP contribution in [0.2, 0.25) is 0 Å². The summed E-state index contributed by atoms with van der Waals surface area (Å²) < 4.78 is 0. The number of hydrogen-bond acceptors (Lipinski definition) is 4. The van der Waals surface area contributed by atoms with Crippen molar-refractivity contribution in [3.05, 3.63) is 35.4 Å². The minimum absolute atomic E-state index is 0.506. The second-order valence-electron chi connectivity index (χ2n) is 2.25. The summed E-state index contributed by atoms with van der Waals surface area (Å²) in [4.78, 5) is 14.1. The molecule has 4 nitrogen and oxygen atoms in total. The van der Waals surface area contributed by atoms with Gasteiger partial charge in [-0.1, -0.05) is 11.8 Å². The number of carbonyl (C=O) groups is 1. The van der Waals surface area contributed by atoms with Crippen molar-refractivity contribution in [1.82, 2.24) is 4.98 Å². The Morgan fingerprint density at radius 2 is 2.50 bits per heavy atom. The monoisotopic (exact) mass is 206 g/mol. The van der Waals surface area contributed by atoms with Gasteiger partial charge < -0.3 is 5.11 Å². The molecule has 0 saturated carbocycles. The topological polar surface area (TPSA) is 74.0 Å². The van der Waals surface area contributed by atoms with E-state index in [1.807, 2.05) is 6.07 Å². The van der Waals surface area contributed by atoms with Crippen LogP contribution in [0, 0.1) is 11.3 Å². The molecule has 1 aromatic heterocycles. The van der Waals surface area contributed by atoms with Crippen LogP contribution < -0.4 is 0 Å². The van der Waals surface area contributed by atoms with Crippen LogP contribution >= 0.6 is 11.8 Å². The number of nitriles is 1. The van der Waals surface area contributed by atoms with Crippen LogP contribution in [-0.2, 0) is 4.79 Å². The molecule has 0 aromatic carbocycles. The van der Waals surface area contributed by atoms with Crippen LogP contribution in [0.4, 0.5) is 0 Å². The summed E-state index contributed by atoms with van der Waals surface area (Å²) in [5.74, 6) is -1.01. The van der Waals surface area contributed by atoms with Gasteiger partial charge in [0.05, 0.1) is 11.6 Å². The van der Waals surface area contributed by atoms with Crippen LogP contribution in [0.15, 0.2) is 34.8 Å². The van der Waals surface area contributed by atoms with Crippen LogP contribution in [0.5, 0.6) is 0 Å². The smallest absolute Gasteiger partial charge is 0.328 e. The number of nitrogens with zero attached hydrogens (tertiary/aromatic N) is 2. The largest absolute Gasteiger partial charge is 0.478 e. The summed E-state index contributed by atoms with van der Waals surface area (Å²) in [5.41, 5.74) is 0.506. The van der Waals surface area contributed by atoms with Gasteiger partial charge in [0, 0.05) is 12.3 Å². The van der Waals surface area contributed by atoms with Gasteiger partial charge >= 0.3 is 5.97 Å². The molecule has 1 aromatic rings. The summed E-state index contributed by atoms with van der Waals surface area (Å²) in [6, 6.07) is 5.16. The zero-order valence-corrected chi connectivity index (χ0v) is 7.86. The van der Waals surface area contributed by atoms with Crippen LogP contribution in [0.3, 0.4) is 0 Å². The van der Waals surface area contributed by atoms with Crippen molar-refractivity contribution in [1.29, 1.82) is 5.26 Å². The number of thioether (sulfide) groups is 1. The SMILES string of the molecule is N#Cc1ccnc(S/C=C/C(=O)O)c1. The molecule has 1 N–H and O–H groups in total. The van der Waals surface area contributed by atoms with E-state index >= 15 is 0 Å². The highest BCUT2D eigenvalue weighted by atomic mass is 32.2. The fourth-order valence-electron chi connectivity index (χ4n) is 0.705. The van der Waals surface area contributed by atoms with Gasteiger partial charge in [-0.3, -0.25) is 0 Å². The van der Waals surface area contributed by atoms with Crippen LogP contribution in [0.1, 0.15) is 5.56 Å². The first kappa shape index (κ1) is 10.3. The molecule has 1 rings (SSSR count). The molecule has 0 unspecified atom stereocenters. The van der Waals surface area contributed by atoms with E-state index in [2.05, 4.69) is 4.98 Å². The Morgan fingerprint density at radius 1 is 1.71 bits per heavy atom. The summed E-state index contributed by atoms with van der Waals surface area (Å²) in [6.07, 6.45) is 2.53. The van der Waals surface area contributed by atoms with Crippen LogP contribution in [-0.4, -0.2) is 16.1 Å². The fraction of sp³-hybridized carbons (Fsp3) is 0. The van der Waals surface area contributed by atoms with E-state index in [1.165, 1.54) is 11.6 Å². The Bertz CT molecular complexity index is 410. The van der Waals surface area contributed by atoms with Gasteiger partial charge in [-0.25, -0.2) is 9.78 Å². The van der Waals surface area contributed by atoms with Crippen molar-refractivity contribution in [2.45, 2.75) is 5.03 Å². The summed E-state index contributed by atoms with van der Waals surface area (Å²) in [7, 11) is 0. The number of carboxylic acid groups (broad SMARTS) is 1. The number of pyridine rings is 1. The lowest BCUT2D eigenvalue weighted by molar-refractivity contribution is -0.131. The number of rotatable bonds is 3. The average Bonchev–Trinajstić information content (AvgIpc) is 2.18. The molecule has 0 spiro atoms. The van der Waals surface area contributed by atoms with E-state index in [4.69, 9.17) is 10.4 Å². The predicted molar refractivity (Wildman–Crippen MR) is 51.6 cm³/mol. The molecular formula is C9H6N2O2S. The first-order chi connectivity index (χ1) is 6.72. The Labute approximate surface area is 84.9 Å². The molecule has 0 aliphatic carbocycles. The normalized spacial score (nSPS) is 9.93. The number of aliphatic carboxylic acids is 1. The minimum Gasteiger partial charge on any atom is -0.478 e. The Hall–Kier alpha value is -1.80. The van der Waals surface area contributed by atoms with Crippen molar-refractivity contribution in [3.8, 4) is 6.07 Å². The fourth-order valence-corrected chi connectivity index (χ4v) is 1.35. The Morgan fingerprint density at radius 3 is 3.14 bits per heavy atom. The van der Waals surface area contributed by atoms with Gasteiger partial charge in [-0.2, -0.15) is 5.26 Å². The molecule has 5 heteroatoms. The standard InChI is InChI=1S/C9H6N2O2S/c10-6-7-1-3-11-8(5-7)14-4-2-9(12)13/h1-5H,(H,12,13)/b4-2+. The predicted octanol–water partition coefficient (Wildman–Crippen LogP) is 1.64. The highest BCUT2D eigenvalue weighted by Gasteiger charge is 1.95. The molecule has 0 atom stereocenters. The molecule has 1 heterocycles. The number of hydrogen-bond donors (Lipinski definition) is 1. The summed E-state index contributed by atoms with van der Waals surface area (Å²) in [6.45, 7) is 0. The number of carboxylic acids is 1. The van der Waals surface area contributed by atoms with E-state index in [-0.39, 0.29) is 0 Å². The van der Waals surface area contributed by atoms with E-state index in [1.54, 1.807) is 12.1 Å². The van der Waals surface area contributed by atoms with E-state index < -0.39 is 5.97 Å². The molecule has 0 amide bonds. The third kappa shape index (κ3) is 3.29. The maximum Gasteiger partial charge on any atom is 0.328 e. The van der Waals surface area contributed by atoms with E-state index in [0.29, 0.717) is 10.6 Å². The van der Waals surface area contributed by atoms with Gasteiger partial charge in [0.1, 0.15) is 5.03 Å². The lowest BCUT2D eigenvalue weighted by Gasteiger charge is -1.93. The molecule has 0 bridgehead atoms. The van der Waals surface area contributed by atoms with Crippen molar-refractivity contribution >= 4 is 17.7 Å². The first-order valence-electron chi connectivity index (χ1n) is 3.64. The quantitative estimate of drug-likeness (QED) is 0.601. The highest BCUT2D eigenvalue weighted by Crippen LogP contribution is 2.16. The van der Waals surface area contributed by atoms with Crippen LogP contribution in [0.25, 0.3) is 0 Å². The number of aromatic nitrogens is 1. The molecule has 0 aliphatic rings. The third-order valence-electron chi connectivity index (χ3n) is 1.26. The molecule has 0 saturated heterocycles. The molecule has 0 fully saturated rings. The average molecular weight is 206 g/mol.